The Morgan fingerprint density at radius 2 is 1.92 bits per heavy atom. The van der Waals surface area contributed by atoms with Gasteiger partial charge >= 0.3 is 6.09 Å². The summed E-state index contributed by atoms with van der Waals surface area (Å²) in [6, 6.07) is 6.52. The number of primary amides is 1. The summed E-state index contributed by atoms with van der Waals surface area (Å²) in [7, 11) is 0. The number of benzene rings is 1. The van der Waals surface area contributed by atoms with Crippen LogP contribution < -0.4 is 21.7 Å². The van der Waals surface area contributed by atoms with Crippen LogP contribution in [0.1, 0.15) is 20.8 Å². The van der Waals surface area contributed by atoms with Crippen LogP contribution in [0.25, 0.3) is 0 Å². The molecule has 0 aromatic heterocycles. The number of nitrogens with one attached hydrogen (secondary N) is 1. The summed E-state index contributed by atoms with van der Waals surface area (Å²) < 4.78 is 10.1. The minimum absolute atomic E-state index is 0.107. The standard InChI is InChI=1S/C15H22N4O5/c1-15(2,3)19-14(21)23-9-18-10-4-6-11(7-5-10)22-8-12(24-17)13(16)20/h4-7,9,12H,8,17H2,1-3H3,(H2,16,20)(H,19,21). The summed E-state index contributed by atoms with van der Waals surface area (Å²) in [4.78, 5) is 30.7. The van der Waals surface area contributed by atoms with Crippen LogP contribution in [0.15, 0.2) is 29.3 Å². The number of amides is 2. The summed E-state index contributed by atoms with van der Waals surface area (Å²) in [5.41, 5.74) is 5.22. The van der Waals surface area contributed by atoms with Crippen molar-refractivity contribution >= 4 is 24.1 Å². The Hall–Kier alpha value is -2.65. The van der Waals surface area contributed by atoms with E-state index in [1.54, 1.807) is 24.3 Å². The lowest BCUT2D eigenvalue weighted by Crippen LogP contribution is -2.40. The molecular formula is C15H22N4O5. The predicted octanol–water partition coefficient (Wildman–Crippen LogP) is 0.994. The second-order valence-electron chi connectivity index (χ2n) is 5.85. The molecule has 1 rings (SSSR count). The number of hydrogen-bond acceptors (Lipinski definition) is 7. The number of carbonyl (C=O) groups is 2. The summed E-state index contributed by atoms with van der Waals surface area (Å²) in [5, 5.41) is 2.62. The minimum atomic E-state index is -1.03. The predicted molar refractivity (Wildman–Crippen MR) is 87.7 cm³/mol. The van der Waals surface area contributed by atoms with Crippen LogP contribution in [0.3, 0.4) is 0 Å². The zero-order valence-corrected chi connectivity index (χ0v) is 13.8. The van der Waals surface area contributed by atoms with Crippen LogP contribution in [-0.4, -0.2) is 36.7 Å². The average molecular weight is 338 g/mol. The first-order valence-electron chi connectivity index (χ1n) is 7.10. The van der Waals surface area contributed by atoms with Gasteiger partial charge in [0.05, 0.1) is 5.69 Å². The van der Waals surface area contributed by atoms with E-state index < -0.39 is 18.1 Å². The first-order valence-corrected chi connectivity index (χ1v) is 7.10. The third-order valence-electron chi connectivity index (χ3n) is 2.56. The van der Waals surface area contributed by atoms with Crippen molar-refractivity contribution in [2.75, 3.05) is 6.61 Å². The Kier molecular flexibility index (Phi) is 7.15. The molecule has 0 saturated heterocycles. The van der Waals surface area contributed by atoms with Crippen LogP contribution in [-0.2, 0) is 14.4 Å². The van der Waals surface area contributed by atoms with E-state index in [-0.39, 0.29) is 12.1 Å². The van der Waals surface area contributed by atoms with Gasteiger partial charge in [-0.25, -0.2) is 15.7 Å². The van der Waals surface area contributed by atoms with E-state index >= 15 is 0 Å². The molecule has 0 radical (unpaired) electrons. The van der Waals surface area contributed by atoms with E-state index in [4.69, 9.17) is 21.1 Å². The van der Waals surface area contributed by atoms with E-state index in [0.29, 0.717) is 11.4 Å². The summed E-state index contributed by atoms with van der Waals surface area (Å²) in [6.45, 7) is 5.40. The monoisotopic (exact) mass is 338 g/mol. The molecule has 1 atom stereocenters. The topological polar surface area (TPSA) is 138 Å². The molecule has 0 aliphatic heterocycles. The van der Waals surface area contributed by atoms with Crippen molar-refractivity contribution in [1.29, 1.82) is 0 Å². The van der Waals surface area contributed by atoms with Gasteiger partial charge in [0.1, 0.15) is 12.4 Å². The number of nitrogens with zero attached hydrogens (tertiary/aromatic N) is 1. The Morgan fingerprint density at radius 1 is 1.29 bits per heavy atom. The van der Waals surface area contributed by atoms with Crippen LogP contribution in [0, 0.1) is 0 Å². The van der Waals surface area contributed by atoms with Gasteiger partial charge in [0, 0.05) is 5.54 Å². The number of hydrogen-bond donors (Lipinski definition) is 3. The maximum absolute atomic E-state index is 11.4. The number of alkyl carbamates (subject to hydrolysis) is 1. The highest BCUT2D eigenvalue weighted by atomic mass is 16.6. The van der Waals surface area contributed by atoms with Crippen LogP contribution >= 0.6 is 0 Å². The fourth-order valence-electron chi connectivity index (χ4n) is 1.46. The molecule has 2 amide bonds. The molecule has 0 aliphatic rings. The van der Waals surface area contributed by atoms with Crippen LogP contribution in [0.2, 0.25) is 0 Å². The average Bonchev–Trinajstić information content (AvgIpc) is 2.47. The van der Waals surface area contributed by atoms with E-state index in [1.807, 2.05) is 20.8 Å². The number of aliphatic imine (C=N–C) groups is 1. The first kappa shape index (κ1) is 19.4. The van der Waals surface area contributed by atoms with Crippen LogP contribution in [0.4, 0.5) is 10.5 Å². The number of carbonyl (C=O) groups excluding carboxylic acids is 2. The smallest absolute Gasteiger partial charge is 0.413 e. The lowest BCUT2D eigenvalue weighted by atomic mass is 10.1. The van der Waals surface area contributed by atoms with Crippen molar-refractivity contribution in [3.63, 3.8) is 0 Å². The second-order valence-corrected chi connectivity index (χ2v) is 5.85. The molecule has 24 heavy (non-hydrogen) atoms. The Labute approximate surface area is 139 Å². The highest BCUT2D eigenvalue weighted by Gasteiger charge is 2.16. The zero-order chi connectivity index (χ0) is 18.2. The molecule has 0 bridgehead atoms. The molecule has 0 saturated carbocycles. The van der Waals surface area contributed by atoms with E-state index in [0.717, 1.165) is 6.40 Å². The molecule has 132 valence electrons. The van der Waals surface area contributed by atoms with E-state index in [2.05, 4.69) is 15.1 Å². The molecule has 5 N–H and O–H groups in total. The number of nitrogens with two attached hydrogens (primary N) is 2. The Bertz CT molecular complexity index is 581. The summed E-state index contributed by atoms with van der Waals surface area (Å²) in [6.07, 6.45) is -0.578. The molecule has 0 heterocycles. The van der Waals surface area contributed by atoms with Crippen molar-refractivity contribution in [2.45, 2.75) is 32.4 Å². The Morgan fingerprint density at radius 3 is 2.42 bits per heavy atom. The minimum Gasteiger partial charge on any atom is -0.490 e. The highest BCUT2D eigenvalue weighted by molar-refractivity contribution is 5.79. The molecule has 1 unspecified atom stereocenters. The molecular weight excluding hydrogens is 316 g/mol. The van der Waals surface area contributed by atoms with Crippen molar-refractivity contribution < 1.29 is 23.9 Å². The molecule has 1 aromatic rings. The maximum Gasteiger partial charge on any atom is 0.413 e. The van der Waals surface area contributed by atoms with E-state index in [9.17, 15) is 9.59 Å². The lowest BCUT2D eigenvalue weighted by molar-refractivity contribution is -0.131. The number of rotatable bonds is 7. The number of ether oxygens (including phenoxy) is 2. The van der Waals surface area contributed by atoms with Crippen molar-refractivity contribution in [3.8, 4) is 5.75 Å². The highest BCUT2D eigenvalue weighted by Crippen LogP contribution is 2.18. The molecule has 9 heteroatoms. The lowest BCUT2D eigenvalue weighted by Gasteiger charge is -2.18. The van der Waals surface area contributed by atoms with Gasteiger partial charge in [-0.1, -0.05) is 0 Å². The van der Waals surface area contributed by atoms with Crippen molar-refractivity contribution in [1.82, 2.24) is 5.32 Å². The van der Waals surface area contributed by atoms with Crippen LogP contribution in [0.5, 0.6) is 5.75 Å². The molecule has 0 fully saturated rings. The third kappa shape index (κ3) is 7.56. The molecule has 9 nitrogen and oxygen atoms in total. The molecule has 1 aromatic carbocycles. The zero-order valence-electron chi connectivity index (χ0n) is 13.8. The van der Waals surface area contributed by atoms with E-state index in [1.165, 1.54) is 0 Å². The quantitative estimate of drug-likeness (QED) is 0.385. The normalized spacial score (nSPS) is 12.7. The summed E-state index contributed by atoms with van der Waals surface area (Å²) >= 11 is 0. The van der Waals surface area contributed by atoms with Gasteiger partial charge in [-0.15, -0.1) is 0 Å². The fourth-order valence-corrected chi connectivity index (χ4v) is 1.46. The largest absolute Gasteiger partial charge is 0.490 e. The van der Waals surface area contributed by atoms with Gasteiger partial charge in [0.2, 0.25) is 0 Å². The second kappa shape index (κ2) is 8.85. The van der Waals surface area contributed by atoms with Gasteiger partial charge in [0.15, 0.2) is 12.5 Å². The first-order chi connectivity index (χ1) is 11.2. The molecule has 0 aliphatic carbocycles. The van der Waals surface area contributed by atoms with Gasteiger partial charge < -0.3 is 20.5 Å². The van der Waals surface area contributed by atoms with Crippen molar-refractivity contribution in [3.05, 3.63) is 24.3 Å². The Balaban J connectivity index is 2.48. The summed E-state index contributed by atoms with van der Waals surface area (Å²) in [5.74, 6) is 4.69. The van der Waals surface area contributed by atoms with Gasteiger partial charge in [0.25, 0.3) is 5.91 Å². The van der Waals surface area contributed by atoms with Gasteiger partial charge in [-0.3, -0.25) is 9.63 Å². The van der Waals surface area contributed by atoms with Gasteiger partial charge in [-0.2, -0.15) is 0 Å². The molecule has 0 spiro atoms. The maximum atomic E-state index is 11.4. The SMILES string of the molecule is CC(C)(C)NC(=O)OC=Nc1ccc(OCC(ON)C(N)=O)cc1. The van der Waals surface area contributed by atoms with Gasteiger partial charge in [-0.05, 0) is 45.0 Å². The third-order valence-corrected chi connectivity index (χ3v) is 2.56. The van der Waals surface area contributed by atoms with Crippen molar-refractivity contribution in [2.24, 2.45) is 16.6 Å². The fraction of sp³-hybridized carbons (Fsp3) is 0.400.